The van der Waals surface area contributed by atoms with Gasteiger partial charge in [-0.3, -0.25) is 9.69 Å². The van der Waals surface area contributed by atoms with Crippen molar-refractivity contribution in [2.75, 3.05) is 53.0 Å². The van der Waals surface area contributed by atoms with Crippen molar-refractivity contribution in [1.29, 1.82) is 0 Å². The maximum absolute atomic E-state index is 16.0. The van der Waals surface area contributed by atoms with Gasteiger partial charge < -0.3 is 14.1 Å². The van der Waals surface area contributed by atoms with E-state index in [1.165, 1.54) is 4.31 Å². The lowest BCUT2D eigenvalue weighted by molar-refractivity contribution is -0.158. The number of carbonyl (C=O) groups excluding carboxylic acids is 1. The van der Waals surface area contributed by atoms with Gasteiger partial charge in [-0.25, -0.2) is 12.7 Å². The summed E-state index contributed by atoms with van der Waals surface area (Å²) in [5, 5.41) is 0.941. The van der Waals surface area contributed by atoms with Crippen LogP contribution in [0, 0.1) is 5.41 Å². The molecule has 1 amide bonds. The van der Waals surface area contributed by atoms with Crippen molar-refractivity contribution in [2.45, 2.75) is 127 Å². The number of ether oxygens (including phenoxy) is 1. The third-order valence-electron chi connectivity index (χ3n) is 12.8. The van der Waals surface area contributed by atoms with Gasteiger partial charge >= 0.3 is 0 Å². The van der Waals surface area contributed by atoms with Crippen LogP contribution in [0.15, 0.2) is 48.5 Å². The van der Waals surface area contributed by atoms with Crippen LogP contribution >= 0.6 is 23.2 Å². The molecule has 2 aromatic carbocycles. The minimum absolute atomic E-state index is 0.0903. The normalized spacial score (nSPS) is 24.0. The SMILES string of the molecule is CC[C@@H](CN(C)S(=O)(=O)C1CC1)N1C(=O)[C@](CCO[Si](C(C)C)(C(C)C)C(C)C)(CCN2CCOCC2)C[C@H](c2cccc(Cl)c2)[C@H]1c1ccc(Cl)cc1. The molecule has 3 aliphatic rings. The molecule has 1 aliphatic carbocycles. The summed E-state index contributed by atoms with van der Waals surface area (Å²) in [6, 6.07) is 15.2. The topological polar surface area (TPSA) is 79.4 Å². The van der Waals surface area contributed by atoms with Gasteiger partial charge in [0.2, 0.25) is 15.9 Å². The number of hydrogen-bond acceptors (Lipinski definition) is 6. The second-order valence-electron chi connectivity index (χ2n) is 17.1. The second-order valence-corrected chi connectivity index (χ2v) is 25.7. The summed E-state index contributed by atoms with van der Waals surface area (Å²) in [6.07, 6.45) is 3.86. The molecule has 54 heavy (non-hydrogen) atoms. The predicted molar refractivity (Wildman–Crippen MR) is 224 cm³/mol. The average molecular weight is 823 g/mol. The Hall–Kier alpha value is -1.50. The quantitative estimate of drug-likeness (QED) is 0.140. The number of morpholine rings is 1. The van der Waals surface area contributed by atoms with E-state index in [1.54, 1.807) is 7.05 Å². The molecule has 302 valence electrons. The van der Waals surface area contributed by atoms with Gasteiger partial charge in [0.15, 0.2) is 8.32 Å². The molecular formula is C42H65Cl2N3O5SSi. The molecule has 2 aromatic rings. The summed E-state index contributed by atoms with van der Waals surface area (Å²) in [5.74, 6) is -0.0264. The molecule has 2 heterocycles. The number of likely N-dealkylation sites (tertiary alicyclic amines) is 1. The van der Waals surface area contributed by atoms with Crippen molar-refractivity contribution in [3.05, 3.63) is 69.7 Å². The van der Waals surface area contributed by atoms with E-state index in [9.17, 15) is 8.42 Å². The first-order chi connectivity index (χ1) is 25.6. The summed E-state index contributed by atoms with van der Waals surface area (Å²) in [5.41, 5.74) is 2.54. The van der Waals surface area contributed by atoms with Crippen LogP contribution in [0.1, 0.15) is 110 Å². The highest BCUT2D eigenvalue weighted by molar-refractivity contribution is 7.90. The van der Waals surface area contributed by atoms with Gasteiger partial charge in [-0.15, -0.1) is 0 Å². The van der Waals surface area contributed by atoms with Gasteiger partial charge in [0.25, 0.3) is 0 Å². The Labute approximate surface area is 337 Å². The Morgan fingerprint density at radius 1 is 0.926 bits per heavy atom. The highest BCUT2D eigenvalue weighted by atomic mass is 35.5. The summed E-state index contributed by atoms with van der Waals surface area (Å²) >= 11 is 13.2. The molecule has 0 unspecified atom stereocenters. The van der Waals surface area contributed by atoms with E-state index >= 15 is 4.79 Å². The first kappa shape index (κ1) is 43.6. The fraction of sp³-hybridized carbons (Fsp3) is 0.690. The number of hydrogen-bond donors (Lipinski definition) is 0. The molecular weight excluding hydrogens is 758 g/mol. The number of sulfonamides is 1. The third-order valence-corrected chi connectivity index (χ3v) is 21.8. The summed E-state index contributed by atoms with van der Waals surface area (Å²) in [7, 11) is -4.01. The van der Waals surface area contributed by atoms with E-state index in [4.69, 9.17) is 32.4 Å². The minimum atomic E-state index is -3.47. The van der Waals surface area contributed by atoms with E-state index in [1.807, 2.05) is 42.5 Å². The van der Waals surface area contributed by atoms with Crippen LogP contribution < -0.4 is 0 Å². The molecule has 4 atom stereocenters. The van der Waals surface area contributed by atoms with E-state index in [-0.39, 0.29) is 35.7 Å². The van der Waals surface area contributed by atoms with Crippen LogP contribution in [0.4, 0.5) is 0 Å². The summed E-state index contributed by atoms with van der Waals surface area (Å²) in [4.78, 5) is 20.5. The van der Waals surface area contributed by atoms with Gasteiger partial charge in [0.05, 0.1) is 29.9 Å². The average Bonchev–Trinajstić information content (AvgIpc) is 4.00. The minimum Gasteiger partial charge on any atom is -0.416 e. The van der Waals surface area contributed by atoms with Crippen molar-refractivity contribution in [2.24, 2.45) is 5.41 Å². The lowest BCUT2D eigenvalue weighted by Gasteiger charge is -2.54. The molecule has 2 aliphatic heterocycles. The smallest absolute Gasteiger partial charge is 0.229 e. The lowest BCUT2D eigenvalue weighted by Crippen LogP contribution is -2.59. The van der Waals surface area contributed by atoms with Crippen molar-refractivity contribution in [3.63, 3.8) is 0 Å². The molecule has 0 spiro atoms. The van der Waals surface area contributed by atoms with Gasteiger partial charge in [-0.1, -0.05) is 95.9 Å². The molecule has 0 N–H and O–H groups in total. The summed E-state index contributed by atoms with van der Waals surface area (Å²) < 4.78 is 41.6. The highest BCUT2D eigenvalue weighted by Crippen LogP contribution is 2.54. The van der Waals surface area contributed by atoms with Crippen molar-refractivity contribution < 1.29 is 22.4 Å². The summed E-state index contributed by atoms with van der Waals surface area (Å²) in [6.45, 7) is 20.4. The first-order valence-electron chi connectivity index (χ1n) is 20.3. The Bertz CT molecular complexity index is 1630. The number of benzene rings is 2. The molecule has 2 saturated heterocycles. The number of rotatable bonds is 18. The fourth-order valence-electron chi connectivity index (χ4n) is 9.80. The maximum Gasteiger partial charge on any atom is 0.229 e. The molecule has 0 bridgehead atoms. The number of halogens is 2. The van der Waals surface area contributed by atoms with Crippen LogP contribution in [0.3, 0.4) is 0 Å². The van der Waals surface area contributed by atoms with Crippen molar-refractivity contribution in [3.8, 4) is 0 Å². The zero-order valence-electron chi connectivity index (χ0n) is 33.9. The van der Waals surface area contributed by atoms with Crippen LogP contribution in [0.2, 0.25) is 26.7 Å². The Balaban J connectivity index is 1.66. The molecule has 3 fully saturated rings. The largest absolute Gasteiger partial charge is 0.416 e. The maximum atomic E-state index is 16.0. The number of nitrogens with zero attached hydrogens (tertiary/aromatic N) is 3. The van der Waals surface area contributed by atoms with Crippen LogP contribution in [0.25, 0.3) is 0 Å². The number of amides is 1. The number of likely N-dealkylation sites (N-methyl/N-ethyl adjacent to an activating group) is 1. The number of piperidine rings is 1. The molecule has 8 nitrogen and oxygen atoms in total. The lowest BCUT2D eigenvalue weighted by atomic mass is 9.64. The monoisotopic (exact) mass is 821 g/mol. The third kappa shape index (κ3) is 9.44. The van der Waals surface area contributed by atoms with Crippen LogP contribution in [-0.2, 0) is 24.0 Å². The van der Waals surface area contributed by atoms with E-state index < -0.39 is 23.8 Å². The first-order valence-corrected chi connectivity index (χ1v) is 24.7. The van der Waals surface area contributed by atoms with Gasteiger partial charge in [0.1, 0.15) is 0 Å². The van der Waals surface area contributed by atoms with Gasteiger partial charge in [0, 0.05) is 55.3 Å². The van der Waals surface area contributed by atoms with Crippen molar-refractivity contribution in [1.82, 2.24) is 14.1 Å². The Morgan fingerprint density at radius 3 is 2.11 bits per heavy atom. The van der Waals surface area contributed by atoms with Crippen molar-refractivity contribution >= 4 is 47.4 Å². The molecule has 1 saturated carbocycles. The van der Waals surface area contributed by atoms with E-state index in [0.717, 1.165) is 30.8 Å². The van der Waals surface area contributed by atoms with Crippen LogP contribution in [0.5, 0.6) is 0 Å². The Kier molecular flexibility index (Phi) is 14.9. The molecule has 0 aromatic heterocycles. The molecule has 0 radical (unpaired) electrons. The predicted octanol–water partition coefficient (Wildman–Crippen LogP) is 9.54. The van der Waals surface area contributed by atoms with Crippen LogP contribution in [-0.4, -0.2) is 101 Å². The van der Waals surface area contributed by atoms with Gasteiger partial charge in [-0.05, 0) is 97.1 Å². The fourth-order valence-corrected chi connectivity index (χ4v) is 17.2. The second kappa shape index (κ2) is 18.4. The van der Waals surface area contributed by atoms with Gasteiger partial charge in [-0.2, -0.15) is 0 Å². The van der Waals surface area contributed by atoms with E-state index in [2.05, 4.69) is 64.3 Å². The highest BCUT2D eigenvalue weighted by Gasteiger charge is 2.55. The standard InChI is InChI=1S/C42H65Cl2N3O5SSi/c1-9-37(29-45(8)53(49,50)38-17-18-38)47-40(33-13-15-35(43)16-14-33)39(34-11-10-12-36(44)27-34)28-42(41(47)48,19-21-46-22-25-51-26-23-46)20-24-52-54(30(2)3,31(4)5)32(6)7/h10-16,27,30-32,37-40H,9,17-26,28-29H2,1-8H3/t37-,39+,40+,42-/m0/s1. The number of carbonyl (C=O) groups is 1. The molecule has 5 rings (SSSR count). The van der Waals surface area contributed by atoms with E-state index in [0.29, 0.717) is 85.0 Å². The zero-order valence-corrected chi connectivity index (χ0v) is 37.2. The zero-order chi connectivity index (χ0) is 39.4. The molecule has 12 heteroatoms. The Morgan fingerprint density at radius 2 is 1.56 bits per heavy atom.